The van der Waals surface area contributed by atoms with Crippen molar-refractivity contribution in [2.45, 2.75) is 44.8 Å². The fraction of sp³-hybridized carbons (Fsp3) is 0.375. The first-order chi connectivity index (χ1) is 14.8. The van der Waals surface area contributed by atoms with E-state index in [0.717, 1.165) is 36.2 Å². The number of halogens is 2. The highest BCUT2D eigenvalue weighted by molar-refractivity contribution is 5.99. The molecule has 0 aliphatic carbocycles. The van der Waals surface area contributed by atoms with Crippen LogP contribution in [0.25, 0.3) is 10.9 Å². The van der Waals surface area contributed by atoms with Crippen molar-refractivity contribution < 1.29 is 18.7 Å². The van der Waals surface area contributed by atoms with Gasteiger partial charge in [0.15, 0.2) is 0 Å². The van der Waals surface area contributed by atoms with Gasteiger partial charge in [0.2, 0.25) is 0 Å². The summed E-state index contributed by atoms with van der Waals surface area (Å²) in [6, 6.07) is 7.84. The highest BCUT2D eigenvalue weighted by atomic mass is 19.1. The number of carbonyl (C=O) groups is 1. The number of nitrogens with zero attached hydrogens (tertiary/aromatic N) is 1. The molecule has 31 heavy (non-hydrogen) atoms. The first kappa shape index (κ1) is 22.9. The average molecular weight is 430 g/mol. The first-order valence-electron chi connectivity index (χ1n) is 10.5. The van der Waals surface area contributed by atoms with Gasteiger partial charge in [0.25, 0.3) is 5.91 Å². The molecule has 0 fully saturated rings. The predicted octanol–water partition coefficient (Wildman–Crippen LogP) is 3.46. The summed E-state index contributed by atoms with van der Waals surface area (Å²) in [6.45, 7) is 2.04. The van der Waals surface area contributed by atoms with E-state index in [1.807, 2.05) is 23.7 Å². The summed E-state index contributed by atoms with van der Waals surface area (Å²) >= 11 is 0. The molecule has 0 bridgehead atoms. The molecule has 4 N–H and O–H groups in total. The molecule has 0 unspecified atom stereocenters. The number of carbonyl (C=O) groups excluding carboxylic acids is 1. The van der Waals surface area contributed by atoms with Crippen LogP contribution in [0.3, 0.4) is 0 Å². The molecule has 1 amide bonds. The smallest absolute Gasteiger partial charge is 0.251 e. The number of aliphatic hydroxyl groups excluding tert-OH is 1. The minimum Gasteiger partial charge on any atom is -0.390 e. The Morgan fingerprint density at radius 3 is 2.55 bits per heavy atom. The van der Waals surface area contributed by atoms with E-state index < -0.39 is 23.8 Å². The molecule has 1 heterocycles. The van der Waals surface area contributed by atoms with Gasteiger partial charge in [0.1, 0.15) is 11.6 Å². The normalized spacial score (nSPS) is 13.4. The van der Waals surface area contributed by atoms with Crippen LogP contribution < -0.4 is 11.1 Å². The Bertz CT molecular complexity index is 1040. The zero-order valence-electron chi connectivity index (χ0n) is 17.9. The van der Waals surface area contributed by atoms with Gasteiger partial charge in [-0.05, 0) is 60.7 Å². The molecular weight excluding hydrogens is 400 g/mol. The summed E-state index contributed by atoms with van der Waals surface area (Å²) in [5.74, 6) is -1.80. The third-order valence-electron chi connectivity index (χ3n) is 5.53. The van der Waals surface area contributed by atoms with Crippen molar-refractivity contribution in [3.63, 3.8) is 0 Å². The van der Waals surface area contributed by atoms with Gasteiger partial charge in [0, 0.05) is 42.3 Å². The molecule has 5 nitrogen and oxygen atoms in total. The third-order valence-corrected chi connectivity index (χ3v) is 5.53. The molecule has 1 aromatic heterocycles. The fourth-order valence-corrected chi connectivity index (χ4v) is 3.86. The van der Waals surface area contributed by atoms with E-state index in [4.69, 9.17) is 5.73 Å². The Balaban J connectivity index is 1.84. The maximum atomic E-state index is 13.5. The van der Waals surface area contributed by atoms with Gasteiger partial charge in [-0.3, -0.25) is 4.79 Å². The molecule has 3 aromatic rings. The maximum Gasteiger partial charge on any atom is 0.251 e. The van der Waals surface area contributed by atoms with Crippen LogP contribution in [-0.2, 0) is 19.9 Å². The number of fused-ring (bicyclic) bond motifs is 1. The molecule has 0 radical (unpaired) electrons. The monoisotopic (exact) mass is 429 g/mol. The van der Waals surface area contributed by atoms with Gasteiger partial charge in [-0.15, -0.1) is 0 Å². The quantitative estimate of drug-likeness (QED) is 0.487. The fourth-order valence-electron chi connectivity index (χ4n) is 3.86. The number of rotatable bonds is 9. The highest BCUT2D eigenvalue weighted by Gasteiger charge is 2.22. The number of benzene rings is 2. The second-order valence-electron chi connectivity index (χ2n) is 7.97. The number of nitrogens with one attached hydrogen (secondary N) is 1. The van der Waals surface area contributed by atoms with Gasteiger partial charge in [0.05, 0.1) is 12.1 Å². The third kappa shape index (κ3) is 5.48. The standard InChI is InChI=1S/C24H29F2N3O2/c1-3-4-5-17-14-29(2)22-7-6-16(11-20(17)22)24(31)28-21(23(30)13-27)10-15-8-18(25)12-19(26)9-15/h6-9,11-12,14,21,23,30H,3-5,10,13,27H2,1-2H3,(H,28,31)/t21-,23+/m0/s1. The number of hydrogen-bond acceptors (Lipinski definition) is 3. The van der Waals surface area contributed by atoms with E-state index in [1.165, 1.54) is 17.7 Å². The Morgan fingerprint density at radius 1 is 1.19 bits per heavy atom. The van der Waals surface area contributed by atoms with E-state index in [0.29, 0.717) is 11.1 Å². The van der Waals surface area contributed by atoms with E-state index in [2.05, 4.69) is 18.4 Å². The minimum absolute atomic E-state index is 0.0497. The summed E-state index contributed by atoms with van der Waals surface area (Å²) in [6.07, 6.45) is 4.14. The summed E-state index contributed by atoms with van der Waals surface area (Å²) in [5, 5.41) is 14.1. The lowest BCUT2D eigenvalue weighted by molar-refractivity contribution is 0.0846. The Hall–Kier alpha value is -2.77. The Morgan fingerprint density at radius 2 is 1.90 bits per heavy atom. The van der Waals surface area contributed by atoms with Crippen molar-refractivity contribution in [1.29, 1.82) is 0 Å². The lowest BCUT2D eigenvalue weighted by Crippen LogP contribution is -2.47. The second kappa shape index (κ2) is 10.0. The van der Waals surface area contributed by atoms with Crippen LogP contribution in [0, 0.1) is 11.6 Å². The molecule has 0 aliphatic heterocycles. The second-order valence-corrected chi connectivity index (χ2v) is 7.97. The summed E-state index contributed by atoms with van der Waals surface area (Å²) in [4.78, 5) is 13.0. The molecule has 0 saturated carbocycles. The highest BCUT2D eigenvalue weighted by Crippen LogP contribution is 2.24. The zero-order chi connectivity index (χ0) is 22.5. The Labute approximate surface area is 180 Å². The summed E-state index contributed by atoms with van der Waals surface area (Å²) < 4.78 is 29.1. The molecule has 7 heteroatoms. The van der Waals surface area contributed by atoms with Crippen LogP contribution in [0.4, 0.5) is 8.78 Å². The molecule has 2 aromatic carbocycles. The van der Waals surface area contributed by atoms with Gasteiger partial charge in [-0.2, -0.15) is 0 Å². The number of aryl methyl sites for hydroxylation is 2. The van der Waals surface area contributed by atoms with Crippen LogP contribution in [0.1, 0.15) is 41.3 Å². The molecule has 2 atom stereocenters. The number of nitrogens with two attached hydrogens (primary N) is 1. The van der Waals surface area contributed by atoms with Crippen LogP contribution in [-0.4, -0.2) is 34.3 Å². The van der Waals surface area contributed by atoms with Crippen LogP contribution in [0.2, 0.25) is 0 Å². The van der Waals surface area contributed by atoms with Gasteiger partial charge >= 0.3 is 0 Å². The Kier molecular flexibility index (Phi) is 7.41. The number of hydrogen-bond donors (Lipinski definition) is 3. The molecule has 0 spiro atoms. The van der Waals surface area contributed by atoms with Crippen molar-refractivity contribution in [2.24, 2.45) is 12.8 Å². The SMILES string of the molecule is CCCCc1cn(C)c2ccc(C(=O)N[C@@H](Cc3cc(F)cc(F)c3)[C@H](O)CN)cc12. The maximum absolute atomic E-state index is 13.5. The van der Waals surface area contributed by atoms with E-state index in [1.54, 1.807) is 6.07 Å². The van der Waals surface area contributed by atoms with Crippen molar-refractivity contribution in [1.82, 2.24) is 9.88 Å². The minimum atomic E-state index is -1.06. The van der Waals surface area contributed by atoms with Crippen molar-refractivity contribution in [3.05, 3.63) is 70.9 Å². The van der Waals surface area contributed by atoms with Crippen LogP contribution >= 0.6 is 0 Å². The summed E-state index contributed by atoms with van der Waals surface area (Å²) in [5.41, 5.74) is 8.60. The van der Waals surface area contributed by atoms with E-state index in [9.17, 15) is 18.7 Å². The lowest BCUT2D eigenvalue weighted by Gasteiger charge is -2.23. The molecule has 0 aliphatic rings. The van der Waals surface area contributed by atoms with Gasteiger partial charge in [-0.25, -0.2) is 8.78 Å². The van der Waals surface area contributed by atoms with Gasteiger partial charge < -0.3 is 20.7 Å². The summed E-state index contributed by atoms with van der Waals surface area (Å²) in [7, 11) is 1.98. The number of aromatic nitrogens is 1. The topological polar surface area (TPSA) is 80.3 Å². The van der Waals surface area contributed by atoms with Crippen molar-refractivity contribution in [3.8, 4) is 0 Å². The van der Waals surface area contributed by atoms with Gasteiger partial charge in [-0.1, -0.05) is 13.3 Å². The van der Waals surface area contributed by atoms with Crippen LogP contribution in [0.15, 0.2) is 42.6 Å². The molecule has 166 valence electrons. The predicted molar refractivity (Wildman–Crippen MR) is 118 cm³/mol. The zero-order valence-corrected chi connectivity index (χ0v) is 17.9. The number of aliphatic hydroxyl groups is 1. The van der Waals surface area contributed by atoms with E-state index >= 15 is 0 Å². The lowest BCUT2D eigenvalue weighted by atomic mass is 10.00. The van der Waals surface area contributed by atoms with E-state index in [-0.39, 0.29) is 18.9 Å². The van der Waals surface area contributed by atoms with Crippen molar-refractivity contribution in [2.75, 3.05) is 6.54 Å². The molecule has 0 saturated heterocycles. The van der Waals surface area contributed by atoms with Crippen LogP contribution in [0.5, 0.6) is 0 Å². The average Bonchev–Trinajstić information content (AvgIpc) is 3.05. The largest absolute Gasteiger partial charge is 0.390 e. The first-order valence-corrected chi connectivity index (χ1v) is 10.5. The van der Waals surface area contributed by atoms with Crippen molar-refractivity contribution >= 4 is 16.8 Å². The molecule has 3 rings (SSSR count). The number of amides is 1. The molecular formula is C24H29F2N3O2. The number of unbranched alkanes of at least 4 members (excludes halogenated alkanes) is 1.